The van der Waals surface area contributed by atoms with Gasteiger partial charge in [-0.2, -0.15) is 4.74 Å². The van der Waals surface area contributed by atoms with Crippen LogP contribution < -0.4 is 10.4 Å². The van der Waals surface area contributed by atoms with Gasteiger partial charge >= 0.3 is 5.63 Å². The molecule has 0 fully saturated rings. The monoisotopic (exact) mass is 330 g/mol. The highest BCUT2D eigenvalue weighted by Crippen LogP contribution is 2.25. The molecule has 0 aliphatic carbocycles. The van der Waals surface area contributed by atoms with Crippen molar-refractivity contribution in [2.75, 3.05) is 0 Å². The summed E-state index contributed by atoms with van der Waals surface area (Å²) in [6.45, 7) is 0. The molecule has 0 spiro atoms. The summed E-state index contributed by atoms with van der Waals surface area (Å²) in [4.78, 5) is 15.7. The average Bonchev–Trinajstić information content (AvgIpc) is 3.06. The first-order chi connectivity index (χ1) is 12.3. The highest BCUT2D eigenvalue weighted by molar-refractivity contribution is 5.60. The molecule has 0 N–H and O–H groups in total. The van der Waals surface area contributed by atoms with Crippen LogP contribution in [0.2, 0.25) is 0 Å². The first-order valence-electron chi connectivity index (χ1n) is 7.77. The lowest BCUT2D eigenvalue weighted by Crippen LogP contribution is -1.96. The molecule has 0 atom stereocenters. The van der Waals surface area contributed by atoms with Crippen LogP contribution in [-0.2, 0) is 0 Å². The minimum atomic E-state index is -0.406. The summed E-state index contributed by atoms with van der Waals surface area (Å²) >= 11 is 0. The Morgan fingerprint density at radius 2 is 1.52 bits per heavy atom. The SMILES string of the molecule is O=c1cc(-c2ccncc2)n(-c2ccc(Oc3ccccc3)cc2)o1. The van der Waals surface area contributed by atoms with Crippen molar-refractivity contribution in [3.8, 4) is 28.4 Å². The normalized spacial score (nSPS) is 10.6. The highest BCUT2D eigenvalue weighted by Gasteiger charge is 2.11. The van der Waals surface area contributed by atoms with Crippen LogP contribution in [0.1, 0.15) is 0 Å². The van der Waals surface area contributed by atoms with Gasteiger partial charge in [0.15, 0.2) is 0 Å². The van der Waals surface area contributed by atoms with Crippen molar-refractivity contribution >= 4 is 0 Å². The number of pyridine rings is 1. The Hall–Kier alpha value is -3.60. The molecule has 0 bridgehead atoms. The Bertz CT molecular complexity index is 1020. The fourth-order valence-electron chi connectivity index (χ4n) is 2.53. The molecule has 4 rings (SSSR count). The number of nitrogens with zero attached hydrogens (tertiary/aromatic N) is 2. The maximum Gasteiger partial charge on any atom is 0.358 e. The van der Waals surface area contributed by atoms with Gasteiger partial charge in [0.1, 0.15) is 11.5 Å². The summed E-state index contributed by atoms with van der Waals surface area (Å²) in [5.74, 6) is 1.47. The molecule has 5 nitrogen and oxygen atoms in total. The van der Waals surface area contributed by atoms with E-state index in [9.17, 15) is 4.79 Å². The molecule has 0 amide bonds. The summed E-state index contributed by atoms with van der Waals surface area (Å²) in [7, 11) is 0. The zero-order chi connectivity index (χ0) is 17.1. The molecule has 0 unspecified atom stereocenters. The van der Waals surface area contributed by atoms with E-state index in [0.717, 1.165) is 17.0 Å². The Morgan fingerprint density at radius 3 is 2.24 bits per heavy atom. The standard InChI is InChI=1S/C20H14N2O3/c23-20-14-19(15-10-12-21-13-11-15)22(25-20)16-6-8-18(9-7-16)24-17-4-2-1-3-5-17/h1-14H. The third-order valence-electron chi connectivity index (χ3n) is 3.68. The van der Waals surface area contributed by atoms with Crippen molar-refractivity contribution in [3.63, 3.8) is 0 Å². The Balaban J connectivity index is 1.66. The molecule has 122 valence electrons. The summed E-state index contributed by atoms with van der Waals surface area (Å²) in [5, 5.41) is 0. The molecular formula is C20H14N2O3. The van der Waals surface area contributed by atoms with E-state index >= 15 is 0 Å². The van der Waals surface area contributed by atoms with Crippen molar-refractivity contribution in [3.05, 3.63) is 95.6 Å². The first-order valence-corrected chi connectivity index (χ1v) is 7.77. The Morgan fingerprint density at radius 1 is 0.840 bits per heavy atom. The molecule has 2 aromatic heterocycles. The zero-order valence-electron chi connectivity index (χ0n) is 13.2. The molecule has 0 saturated heterocycles. The van der Waals surface area contributed by atoms with Gasteiger partial charge < -0.3 is 9.26 Å². The number of para-hydroxylation sites is 1. The van der Waals surface area contributed by atoms with Gasteiger partial charge in [-0.25, -0.2) is 4.79 Å². The van der Waals surface area contributed by atoms with Crippen LogP contribution in [0.25, 0.3) is 16.9 Å². The van der Waals surface area contributed by atoms with Gasteiger partial charge in [-0.1, -0.05) is 18.2 Å². The van der Waals surface area contributed by atoms with Crippen molar-refractivity contribution in [1.29, 1.82) is 0 Å². The third kappa shape index (κ3) is 3.21. The molecule has 2 heterocycles. The second kappa shape index (κ2) is 6.49. The molecular weight excluding hydrogens is 316 g/mol. The van der Waals surface area contributed by atoms with Crippen molar-refractivity contribution in [2.24, 2.45) is 0 Å². The Labute approximate surface area is 143 Å². The first kappa shape index (κ1) is 15.0. The van der Waals surface area contributed by atoms with Crippen molar-refractivity contribution < 1.29 is 9.26 Å². The zero-order valence-corrected chi connectivity index (χ0v) is 13.2. The lowest BCUT2D eigenvalue weighted by Gasteiger charge is -2.08. The van der Waals surface area contributed by atoms with Crippen LogP contribution in [-0.4, -0.2) is 9.72 Å². The summed E-state index contributed by atoms with van der Waals surface area (Å²) in [6.07, 6.45) is 3.35. The fraction of sp³-hybridized carbons (Fsp3) is 0. The fourth-order valence-corrected chi connectivity index (χ4v) is 2.53. The van der Waals surface area contributed by atoms with E-state index in [2.05, 4.69) is 4.98 Å². The maximum absolute atomic E-state index is 11.7. The third-order valence-corrected chi connectivity index (χ3v) is 3.68. The minimum Gasteiger partial charge on any atom is -0.457 e. The van der Waals surface area contributed by atoms with Crippen LogP contribution >= 0.6 is 0 Å². The number of benzene rings is 2. The second-order valence-electron chi connectivity index (χ2n) is 5.38. The van der Waals surface area contributed by atoms with Gasteiger partial charge in [0.25, 0.3) is 0 Å². The second-order valence-corrected chi connectivity index (χ2v) is 5.38. The number of aromatic nitrogens is 2. The van der Waals surface area contributed by atoms with Crippen LogP contribution in [0.15, 0.2) is 94.5 Å². The number of rotatable bonds is 4. The van der Waals surface area contributed by atoms with E-state index in [1.807, 2.05) is 66.7 Å². The quantitative estimate of drug-likeness (QED) is 0.560. The topological polar surface area (TPSA) is 57.3 Å². The minimum absolute atomic E-state index is 0.406. The van der Waals surface area contributed by atoms with Crippen LogP contribution in [0, 0.1) is 0 Å². The summed E-state index contributed by atoms with van der Waals surface area (Å²) in [5.41, 5.74) is 1.85. The number of hydrogen-bond donors (Lipinski definition) is 0. The number of ether oxygens (including phenoxy) is 1. The van der Waals surface area contributed by atoms with Crippen LogP contribution in [0.3, 0.4) is 0 Å². The average molecular weight is 330 g/mol. The van der Waals surface area contributed by atoms with E-state index in [1.54, 1.807) is 12.4 Å². The van der Waals surface area contributed by atoms with Gasteiger partial charge in [0.2, 0.25) is 0 Å². The van der Waals surface area contributed by atoms with Crippen molar-refractivity contribution in [1.82, 2.24) is 9.72 Å². The van der Waals surface area contributed by atoms with Gasteiger partial charge in [-0.05, 0) is 48.5 Å². The molecule has 4 aromatic rings. The van der Waals surface area contributed by atoms with E-state index < -0.39 is 5.63 Å². The van der Waals surface area contributed by atoms with Gasteiger partial charge in [-0.3, -0.25) is 4.98 Å². The molecule has 5 heteroatoms. The van der Waals surface area contributed by atoms with E-state index in [4.69, 9.17) is 9.26 Å². The van der Waals surface area contributed by atoms with E-state index in [-0.39, 0.29) is 0 Å². The highest BCUT2D eigenvalue weighted by atomic mass is 16.5. The van der Waals surface area contributed by atoms with Gasteiger partial charge in [0, 0.05) is 18.0 Å². The molecule has 0 aliphatic rings. The molecule has 2 aromatic carbocycles. The number of hydrogen-bond acceptors (Lipinski definition) is 4. The maximum atomic E-state index is 11.7. The van der Waals surface area contributed by atoms with Gasteiger partial charge in [0.05, 0.1) is 17.4 Å². The molecule has 0 saturated carbocycles. The van der Waals surface area contributed by atoms with E-state index in [1.165, 1.54) is 10.8 Å². The summed E-state index contributed by atoms with van der Waals surface area (Å²) < 4.78 is 12.6. The predicted molar refractivity (Wildman–Crippen MR) is 94.1 cm³/mol. The van der Waals surface area contributed by atoms with Crippen LogP contribution in [0.5, 0.6) is 11.5 Å². The Kier molecular flexibility index (Phi) is 3.88. The van der Waals surface area contributed by atoms with Crippen LogP contribution in [0.4, 0.5) is 0 Å². The molecule has 0 aliphatic heterocycles. The predicted octanol–water partition coefficient (Wildman–Crippen LogP) is 4.28. The van der Waals surface area contributed by atoms with Crippen molar-refractivity contribution in [2.45, 2.75) is 0 Å². The smallest absolute Gasteiger partial charge is 0.358 e. The van der Waals surface area contributed by atoms with Gasteiger partial charge in [-0.15, -0.1) is 0 Å². The summed E-state index contributed by atoms with van der Waals surface area (Å²) in [6, 6.07) is 22.0. The lowest BCUT2D eigenvalue weighted by molar-refractivity contribution is 0.326. The lowest BCUT2D eigenvalue weighted by atomic mass is 10.2. The largest absolute Gasteiger partial charge is 0.457 e. The molecule has 25 heavy (non-hydrogen) atoms. The molecule has 0 radical (unpaired) electrons. The van der Waals surface area contributed by atoms with E-state index in [0.29, 0.717) is 11.4 Å².